The van der Waals surface area contributed by atoms with E-state index in [1.54, 1.807) is 18.5 Å². The zero-order chi connectivity index (χ0) is 17.2. The summed E-state index contributed by atoms with van der Waals surface area (Å²) in [6.45, 7) is 1.91. The first-order valence-corrected chi connectivity index (χ1v) is 8.06. The smallest absolute Gasteiger partial charge is 0.252 e. The van der Waals surface area contributed by atoms with Crippen LogP contribution in [-0.2, 0) is 0 Å². The van der Waals surface area contributed by atoms with Crippen LogP contribution in [0.1, 0.15) is 29.1 Å². The number of carbonyl (C=O) groups excluding carboxylic acids is 1. The van der Waals surface area contributed by atoms with Gasteiger partial charge in [-0.1, -0.05) is 30.3 Å². The molecule has 2 heterocycles. The minimum atomic E-state index is -0.246. The third-order valence-corrected chi connectivity index (χ3v) is 4.09. The van der Waals surface area contributed by atoms with Crippen LogP contribution in [0.25, 0.3) is 22.4 Å². The highest BCUT2D eigenvalue weighted by Gasteiger charge is 2.18. The minimum absolute atomic E-state index is 0.167. The van der Waals surface area contributed by atoms with Crippen LogP contribution in [0, 0.1) is 0 Å². The number of nitrogens with one attached hydrogen (secondary N) is 3. The Kier molecular flexibility index (Phi) is 3.78. The fourth-order valence-corrected chi connectivity index (χ4v) is 2.82. The summed E-state index contributed by atoms with van der Waals surface area (Å²) in [5, 5.41) is 3.00. The third-order valence-electron chi connectivity index (χ3n) is 4.09. The SMILES string of the molecule is C[C@@H](NC(=O)c1ccccc1-c1ncc[nH]1)c1nc2ccccc2[nH]1. The molecule has 0 aliphatic carbocycles. The second kappa shape index (κ2) is 6.24. The van der Waals surface area contributed by atoms with Gasteiger partial charge in [-0.3, -0.25) is 4.79 Å². The number of H-pyrrole nitrogens is 2. The van der Waals surface area contributed by atoms with Crippen LogP contribution in [0.4, 0.5) is 0 Å². The van der Waals surface area contributed by atoms with Crippen LogP contribution in [0.2, 0.25) is 0 Å². The van der Waals surface area contributed by atoms with Gasteiger partial charge in [0.2, 0.25) is 0 Å². The third kappa shape index (κ3) is 2.89. The van der Waals surface area contributed by atoms with E-state index in [0.717, 1.165) is 22.4 Å². The molecule has 3 N–H and O–H groups in total. The van der Waals surface area contributed by atoms with Crippen molar-refractivity contribution in [3.05, 3.63) is 72.3 Å². The number of aromatic amines is 2. The lowest BCUT2D eigenvalue weighted by Crippen LogP contribution is -2.27. The quantitative estimate of drug-likeness (QED) is 0.535. The van der Waals surface area contributed by atoms with E-state index < -0.39 is 0 Å². The molecular weight excluding hydrogens is 314 g/mol. The molecule has 0 aliphatic heterocycles. The maximum atomic E-state index is 12.8. The highest BCUT2D eigenvalue weighted by molar-refractivity contribution is 6.00. The van der Waals surface area contributed by atoms with Crippen molar-refractivity contribution in [3.63, 3.8) is 0 Å². The Morgan fingerprint density at radius 3 is 2.72 bits per heavy atom. The van der Waals surface area contributed by atoms with Crippen molar-refractivity contribution in [2.45, 2.75) is 13.0 Å². The van der Waals surface area contributed by atoms with E-state index in [1.165, 1.54) is 0 Å². The van der Waals surface area contributed by atoms with E-state index in [9.17, 15) is 4.79 Å². The predicted molar refractivity (Wildman–Crippen MR) is 96.0 cm³/mol. The van der Waals surface area contributed by atoms with E-state index in [0.29, 0.717) is 11.4 Å². The fraction of sp³-hybridized carbons (Fsp3) is 0.105. The molecule has 0 radical (unpaired) electrons. The Labute approximate surface area is 144 Å². The van der Waals surface area contributed by atoms with Crippen molar-refractivity contribution in [1.29, 1.82) is 0 Å². The van der Waals surface area contributed by atoms with Gasteiger partial charge in [-0.05, 0) is 25.1 Å². The second-order valence-electron chi connectivity index (χ2n) is 5.82. The summed E-state index contributed by atoms with van der Waals surface area (Å²) in [6.07, 6.45) is 3.40. The van der Waals surface area contributed by atoms with Crippen molar-refractivity contribution in [2.24, 2.45) is 0 Å². The summed E-state index contributed by atoms with van der Waals surface area (Å²) in [4.78, 5) is 27.8. The number of rotatable bonds is 4. The lowest BCUT2D eigenvalue weighted by molar-refractivity contribution is 0.0939. The Morgan fingerprint density at radius 2 is 1.92 bits per heavy atom. The average Bonchev–Trinajstić information content (AvgIpc) is 3.31. The van der Waals surface area contributed by atoms with Crippen LogP contribution in [0.15, 0.2) is 60.9 Å². The maximum Gasteiger partial charge on any atom is 0.252 e. The molecule has 124 valence electrons. The van der Waals surface area contributed by atoms with Gasteiger partial charge in [0.1, 0.15) is 11.6 Å². The first-order valence-electron chi connectivity index (χ1n) is 8.06. The van der Waals surface area contributed by atoms with Crippen LogP contribution in [0.5, 0.6) is 0 Å². The average molecular weight is 331 g/mol. The molecule has 0 aliphatic rings. The molecule has 4 aromatic rings. The van der Waals surface area contributed by atoms with Gasteiger partial charge in [-0.2, -0.15) is 0 Å². The van der Waals surface area contributed by atoms with Gasteiger partial charge in [0.25, 0.3) is 5.91 Å². The number of para-hydroxylation sites is 2. The van der Waals surface area contributed by atoms with E-state index in [2.05, 4.69) is 25.3 Å². The number of aromatic nitrogens is 4. The Hall–Kier alpha value is -3.41. The van der Waals surface area contributed by atoms with E-state index in [-0.39, 0.29) is 11.9 Å². The fourth-order valence-electron chi connectivity index (χ4n) is 2.82. The molecule has 25 heavy (non-hydrogen) atoms. The van der Waals surface area contributed by atoms with Gasteiger partial charge in [0.15, 0.2) is 0 Å². The normalized spacial score (nSPS) is 12.2. The molecule has 2 aromatic carbocycles. The molecule has 0 spiro atoms. The Morgan fingerprint density at radius 1 is 1.12 bits per heavy atom. The van der Waals surface area contributed by atoms with Gasteiger partial charge < -0.3 is 15.3 Å². The van der Waals surface area contributed by atoms with Crippen LogP contribution in [-0.4, -0.2) is 25.8 Å². The number of nitrogens with zero attached hydrogens (tertiary/aromatic N) is 2. The molecule has 0 saturated heterocycles. The van der Waals surface area contributed by atoms with Gasteiger partial charge >= 0.3 is 0 Å². The summed E-state index contributed by atoms with van der Waals surface area (Å²) in [5.74, 6) is 1.23. The number of hydrogen-bond acceptors (Lipinski definition) is 3. The molecule has 4 rings (SSSR count). The van der Waals surface area contributed by atoms with E-state index >= 15 is 0 Å². The molecule has 0 unspecified atom stereocenters. The Balaban J connectivity index is 1.60. The molecule has 1 amide bonds. The van der Waals surface area contributed by atoms with Crippen molar-refractivity contribution in [3.8, 4) is 11.4 Å². The number of hydrogen-bond donors (Lipinski definition) is 3. The maximum absolute atomic E-state index is 12.8. The molecule has 2 aromatic heterocycles. The van der Waals surface area contributed by atoms with Crippen molar-refractivity contribution < 1.29 is 4.79 Å². The van der Waals surface area contributed by atoms with Crippen LogP contribution in [0.3, 0.4) is 0 Å². The molecule has 6 heteroatoms. The first kappa shape index (κ1) is 15.1. The molecule has 1 atom stereocenters. The second-order valence-corrected chi connectivity index (χ2v) is 5.82. The topological polar surface area (TPSA) is 86.5 Å². The van der Waals surface area contributed by atoms with Gasteiger partial charge in [0, 0.05) is 18.0 Å². The Bertz CT molecular complexity index is 986. The van der Waals surface area contributed by atoms with Crippen LogP contribution >= 0.6 is 0 Å². The number of imidazole rings is 2. The summed E-state index contributed by atoms with van der Waals surface area (Å²) in [5.41, 5.74) is 3.17. The zero-order valence-corrected chi connectivity index (χ0v) is 13.7. The molecule has 0 bridgehead atoms. The molecule has 6 nitrogen and oxygen atoms in total. The standard InChI is InChI=1S/C19H17N5O/c1-12(17-23-15-8-4-5-9-16(15)24-17)22-19(25)14-7-3-2-6-13(14)18-20-10-11-21-18/h2-12H,1H3,(H,20,21)(H,22,25)(H,23,24)/t12-/m1/s1. The predicted octanol–water partition coefficient (Wildman–Crippen LogP) is 3.44. The number of carbonyl (C=O) groups is 1. The highest BCUT2D eigenvalue weighted by Crippen LogP contribution is 2.21. The summed E-state index contributed by atoms with van der Waals surface area (Å²) < 4.78 is 0. The van der Waals surface area contributed by atoms with Gasteiger partial charge in [0.05, 0.1) is 22.6 Å². The van der Waals surface area contributed by atoms with Crippen molar-refractivity contribution in [2.75, 3.05) is 0 Å². The van der Waals surface area contributed by atoms with Gasteiger partial charge in [-0.25, -0.2) is 9.97 Å². The number of benzene rings is 2. The lowest BCUT2D eigenvalue weighted by atomic mass is 10.1. The first-order chi connectivity index (χ1) is 12.2. The number of fused-ring (bicyclic) bond motifs is 1. The summed E-state index contributed by atoms with van der Waals surface area (Å²) in [7, 11) is 0. The summed E-state index contributed by atoms with van der Waals surface area (Å²) in [6, 6.07) is 14.9. The molecule has 0 saturated carbocycles. The number of amides is 1. The van der Waals surface area contributed by atoms with Crippen molar-refractivity contribution in [1.82, 2.24) is 25.3 Å². The van der Waals surface area contributed by atoms with E-state index in [1.807, 2.05) is 49.4 Å². The monoisotopic (exact) mass is 331 g/mol. The summed E-state index contributed by atoms with van der Waals surface area (Å²) >= 11 is 0. The van der Waals surface area contributed by atoms with Crippen LogP contribution < -0.4 is 5.32 Å². The largest absolute Gasteiger partial charge is 0.345 e. The highest BCUT2D eigenvalue weighted by atomic mass is 16.1. The van der Waals surface area contributed by atoms with E-state index in [4.69, 9.17) is 0 Å². The molecule has 0 fully saturated rings. The molecular formula is C19H17N5O. The minimum Gasteiger partial charge on any atom is -0.345 e. The van der Waals surface area contributed by atoms with Crippen molar-refractivity contribution >= 4 is 16.9 Å². The van der Waals surface area contributed by atoms with Gasteiger partial charge in [-0.15, -0.1) is 0 Å². The lowest BCUT2D eigenvalue weighted by Gasteiger charge is -2.13. The zero-order valence-electron chi connectivity index (χ0n) is 13.7.